The molecule has 0 unspecified atom stereocenters. The number of amides is 1. The quantitative estimate of drug-likeness (QED) is 0.501. The van der Waals surface area contributed by atoms with Crippen LogP contribution in [-0.4, -0.2) is 20.9 Å². The molecule has 0 fully saturated rings. The second kappa shape index (κ2) is 5.06. The summed E-state index contributed by atoms with van der Waals surface area (Å²) in [5.41, 5.74) is 8.32. The molecule has 0 aliphatic heterocycles. The van der Waals surface area contributed by atoms with E-state index in [1.165, 1.54) is 0 Å². The van der Waals surface area contributed by atoms with Gasteiger partial charge in [-0.25, -0.2) is 9.97 Å². The van der Waals surface area contributed by atoms with Crippen LogP contribution >= 0.6 is 11.6 Å². The normalized spacial score (nSPS) is 10.8. The number of nitrogen functional groups attached to an aromatic ring is 1. The molecule has 1 aromatic carbocycles. The molecule has 4 N–H and O–H groups in total. The fraction of sp³-hybridized carbons (Fsp3) is 0.0714. The van der Waals surface area contributed by atoms with Crippen molar-refractivity contribution in [2.45, 2.75) is 6.92 Å². The Hall–Kier alpha value is -2.60. The Labute approximate surface area is 125 Å². The van der Waals surface area contributed by atoms with E-state index in [1.807, 2.05) is 6.07 Å². The zero-order valence-corrected chi connectivity index (χ0v) is 11.9. The van der Waals surface area contributed by atoms with Gasteiger partial charge in [0, 0.05) is 28.5 Å². The number of aromatic nitrogens is 3. The minimum Gasteiger partial charge on any atom is -0.399 e. The Morgan fingerprint density at radius 1 is 1.33 bits per heavy atom. The summed E-state index contributed by atoms with van der Waals surface area (Å²) >= 11 is 5.85. The van der Waals surface area contributed by atoms with Crippen molar-refractivity contribution in [2.24, 2.45) is 0 Å². The molecule has 0 atom stereocenters. The van der Waals surface area contributed by atoms with Gasteiger partial charge in [-0.05, 0) is 31.2 Å². The van der Waals surface area contributed by atoms with E-state index in [-0.39, 0.29) is 17.0 Å². The minimum absolute atomic E-state index is 0.170. The lowest BCUT2D eigenvalue weighted by molar-refractivity contribution is 0.102. The summed E-state index contributed by atoms with van der Waals surface area (Å²) in [6.45, 7) is 1.77. The Bertz CT molecular complexity index is 822. The maximum absolute atomic E-state index is 12.3. The van der Waals surface area contributed by atoms with Gasteiger partial charge in [0.25, 0.3) is 5.91 Å². The van der Waals surface area contributed by atoms with Crippen LogP contribution in [0.5, 0.6) is 0 Å². The number of halogens is 1. The number of nitrogens with two attached hydrogens (primary N) is 1. The molecule has 0 spiro atoms. The topological polar surface area (TPSA) is 96.7 Å². The van der Waals surface area contributed by atoms with Crippen molar-refractivity contribution in [1.29, 1.82) is 0 Å². The van der Waals surface area contributed by atoms with E-state index in [9.17, 15) is 4.79 Å². The molecule has 0 radical (unpaired) electrons. The molecule has 3 aromatic rings. The lowest BCUT2D eigenvalue weighted by atomic mass is 10.1. The molecule has 0 aliphatic carbocycles. The van der Waals surface area contributed by atoms with Crippen molar-refractivity contribution >= 4 is 40.0 Å². The lowest BCUT2D eigenvalue weighted by Crippen LogP contribution is -2.14. The molecule has 1 amide bonds. The number of nitrogens with one attached hydrogen (secondary N) is 2. The van der Waals surface area contributed by atoms with Crippen molar-refractivity contribution in [3.8, 4) is 0 Å². The highest BCUT2D eigenvalue weighted by atomic mass is 35.5. The number of H-pyrrole nitrogens is 1. The third-order valence-corrected chi connectivity index (χ3v) is 3.19. The summed E-state index contributed by atoms with van der Waals surface area (Å²) in [7, 11) is 0. The number of benzene rings is 1. The highest BCUT2D eigenvalue weighted by molar-refractivity contribution is 6.29. The number of carbonyl (C=O) groups is 1. The monoisotopic (exact) mass is 301 g/mol. The molecule has 0 saturated heterocycles. The zero-order chi connectivity index (χ0) is 15.0. The largest absolute Gasteiger partial charge is 0.399 e. The maximum atomic E-state index is 12.3. The molecular weight excluding hydrogens is 290 g/mol. The third kappa shape index (κ3) is 2.66. The standard InChI is InChI=1S/C14H12ClN5O/c1-7-4-12(15)19-14(18-7)20-13(21)10-6-17-11-3-2-8(16)5-9(10)11/h2-6,17H,16H2,1H3,(H,18,19,20,21). The predicted octanol–water partition coefficient (Wildman–Crippen LogP) is 2.75. The Kier molecular flexibility index (Phi) is 3.23. The molecule has 0 bridgehead atoms. The minimum atomic E-state index is -0.325. The average molecular weight is 302 g/mol. The highest BCUT2D eigenvalue weighted by Gasteiger charge is 2.14. The second-order valence-corrected chi connectivity index (χ2v) is 5.00. The summed E-state index contributed by atoms with van der Waals surface area (Å²) in [6, 6.07) is 6.94. The summed E-state index contributed by atoms with van der Waals surface area (Å²) in [5.74, 6) is -0.156. The molecular formula is C14H12ClN5O. The number of nitrogens with zero attached hydrogens (tertiary/aromatic N) is 2. The second-order valence-electron chi connectivity index (χ2n) is 4.62. The molecule has 2 aromatic heterocycles. The molecule has 0 aliphatic rings. The first-order valence-electron chi connectivity index (χ1n) is 6.22. The van der Waals surface area contributed by atoms with Gasteiger partial charge in [-0.1, -0.05) is 11.6 Å². The smallest absolute Gasteiger partial charge is 0.260 e. The number of fused-ring (bicyclic) bond motifs is 1. The zero-order valence-electron chi connectivity index (χ0n) is 11.1. The van der Waals surface area contributed by atoms with Crippen LogP contribution in [0.15, 0.2) is 30.5 Å². The van der Waals surface area contributed by atoms with Gasteiger partial charge in [0.05, 0.1) is 5.56 Å². The van der Waals surface area contributed by atoms with E-state index in [4.69, 9.17) is 17.3 Å². The lowest BCUT2D eigenvalue weighted by Gasteiger charge is -2.04. The van der Waals surface area contributed by atoms with E-state index in [0.29, 0.717) is 16.9 Å². The van der Waals surface area contributed by atoms with Crippen molar-refractivity contribution < 1.29 is 4.79 Å². The number of rotatable bonds is 2. The third-order valence-electron chi connectivity index (χ3n) is 3.00. The number of aryl methyl sites for hydroxylation is 1. The van der Waals surface area contributed by atoms with Crippen LogP contribution in [0.4, 0.5) is 11.6 Å². The van der Waals surface area contributed by atoms with Crippen LogP contribution < -0.4 is 11.1 Å². The van der Waals surface area contributed by atoms with Crippen LogP contribution in [-0.2, 0) is 0 Å². The van der Waals surface area contributed by atoms with Crippen molar-refractivity contribution in [3.63, 3.8) is 0 Å². The molecule has 21 heavy (non-hydrogen) atoms. The average Bonchev–Trinajstić information content (AvgIpc) is 2.80. The molecule has 0 saturated carbocycles. The van der Waals surface area contributed by atoms with Gasteiger partial charge in [0.2, 0.25) is 5.95 Å². The number of carbonyl (C=O) groups excluding carboxylic acids is 1. The molecule has 3 rings (SSSR count). The van der Waals surface area contributed by atoms with Gasteiger partial charge in [-0.3, -0.25) is 10.1 Å². The first kappa shape index (κ1) is 13.4. The van der Waals surface area contributed by atoms with Gasteiger partial charge >= 0.3 is 0 Å². The van der Waals surface area contributed by atoms with E-state index in [1.54, 1.807) is 31.3 Å². The Morgan fingerprint density at radius 2 is 2.14 bits per heavy atom. The Balaban J connectivity index is 1.95. The maximum Gasteiger partial charge on any atom is 0.260 e. The SMILES string of the molecule is Cc1cc(Cl)nc(NC(=O)c2c[nH]c3ccc(N)cc23)n1. The van der Waals surface area contributed by atoms with Crippen LogP contribution in [0.2, 0.25) is 5.15 Å². The summed E-state index contributed by atoms with van der Waals surface area (Å²) in [5, 5.41) is 3.65. The van der Waals surface area contributed by atoms with Gasteiger partial charge in [0.15, 0.2) is 0 Å². The van der Waals surface area contributed by atoms with E-state index in [0.717, 1.165) is 10.9 Å². The summed E-state index contributed by atoms with van der Waals surface area (Å²) < 4.78 is 0. The van der Waals surface area contributed by atoms with Crippen molar-refractivity contribution in [1.82, 2.24) is 15.0 Å². The van der Waals surface area contributed by atoms with Gasteiger partial charge in [-0.15, -0.1) is 0 Å². The van der Waals surface area contributed by atoms with Crippen LogP contribution in [0.1, 0.15) is 16.1 Å². The number of anilines is 2. The van der Waals surface area contributed by atoms with Crippen LogP contribution in [0, 0.1) is 6.92 Å². The molecule has 7 heteroatoms. The fourth-order valence-corrected chi connectivity index (χ4v) is 2.32. The van der Waals surface area contributed by atoms with E-state index in [2.05, 4.69) is 20.3 Å². The van der Waals surface area contributed by atoms with Gasteiger partial charge < -0.3 is 10.7 Å². The van der Waals surface area contributed by atoms with Gasteiger partial charge in [0.1, 0.15) is 5.15 Å². The van der Waals surface area contributed by atoms with E-state index < -0.39 is 0 Å². The van der Waals surface area contributed by atoms with Crippen molar-refractivity contribution in [2.75, 3.05) is 11.1 Å². The molecule has 6 nitrogen and oxygen atoms in total. The first-order valence-corrected chi connectivity index (χ1v) is 6.60. The van der Waals surface area contributed by atoms with Crippen LogP contribution in [0.3, 0.4) is 0 Å². The van der Waals surface area contributed by atoms with Crippen LogP contribution in [0.25, 0.3) is 10.9 Å². The predicted molar refractivity (Wildman–Crippen MR) is 82.4 cm³/mol. The highest BCUT2D eigenvalue weighted by Crippen LogP contribution is 2.21. The van der Waals surface area contributed by atoms with Crippen molar-refractivity contribution in [3.05, 3.63) is 46.9 Å². The number of hydrogen-bond donors (Lipinski definition) is 3. The van der Waals surface area contributed by atoms with E-state index >= 15 is 0 Å². The molecule has 2 heterocycles. The molecule has 106 valence electrons. The fourth-order valence-electron chi connectivity index (χ4n) is 2.08. The summed E-state index contributed by atoms with van der Waals surface area (Å²) in [6.07, 6.45) is 1.62. The number of hydrogen-bond acceptors (Lipinski definition) is 4. The number of aromatic amines is 1. The summed E-state index contributed by atoms with van der Waals surface area (Å²) in [4.78, 5) is 23.4. The van der Waals surface area contributed by atoms with Gasteiger partial charge in [-0.2, -0.15) is 0 Å². The Morgan fingerprint density at radius 3 is 2.90 bits per heavy atom. The first-order chi connectivity index (χ1) is 10.0.